The Hall–Kier alpha value is -3.00. The molecule has 1 aromatic heterocycles. The number of amides is 1. The number of thioether (sulfide) groups is 1. The van der Waals surface area contributed by atoms with Crippen molar-refractivity contribution in [1.82, 2.24) is 14.9 Å². The van der Waals surface area contributed by atoms with Gasteiger partial charge in [-0.1, -0.05) is 48.2 Å². The average Bonchev–Trinajstić information content (AvgIpc) is 3.03. The molecule has 0 aliphatic rings. The second-order valence-corrected chi connectivity index (χ2v) is 6.70. The van der Waals surface area contributed by atoms with Crippen molar-refractivity contribution in [3.8, 4) is 17.1 Å². The van der Waals surface area contributed by atoms with Crippen LogP contribution in [0.5, 0.6) is 5.75 Å². The van der Waals surface area contributed by atoms with E-state index in [0.29, 0.717) is 29.0 Å². The summed E-state index contributed by atoms with van der Waals surface area (Å²) in [6.45, 7) is 4.41. The Morgan fingerprint density at radius 3 is 2.70 bits per heavy atom. The van der Waals surface area contributed by atoms with Crippen LogP contribution in [0.15, 0.2) is 53.7 Å². The molecule has 0 atom stereocenters. The Labute approximate surface area is 161 Å². The predicted octanol–water partition coefficient (Wildman–Crippen LogP) is 3.10. The van der Waals surface area contributed by atoms with E-state index in [0.717, 1.165) is 11.1 Å². The fraction of sp³-hybridized carbons (Fsp3) is 0.211. The van der Waals surface area contributed by atoms with Gasteiger partial charge in [0, 0.05) is 5.56 Å². The lowest BCUT2D eigenvalue weighted by Gasteiger charge is -2.11. The smallest absolute Gasteiger partial charge is 0.234 e. The summed E-state index contributed by atoms with van der Waals surface area (Å²) >= 11 is 1.23. The number of nitrogens with one attached hydrogen (secondary N) is 1. The highest BCUT2D eigenvalue weighted by molar-refractivity contribution is 7.99. The van der Waals surface area contributed by atoms with Gasteiger partial charge in [0.1, 0.15) is 5.75 Å². The van der Waals surface area contributed by atoms with Crippen molar-refractivity contribution in [3.63, 3.8) is 0 Å². The summed E-state index contributed by atoms with van der Waals surface area (Å²) in [4.78, 5) is 12.3. The van der Waals surface area contributed by atoms with Gasteiger partial charge in [-0.2, -0.15) is 0 Å². The Kier molecular flexibility index (Phi) is 5.97. The molecule has 2 aromatic carbocycles. The lowest BCUT2D eigenvalue weighted by atomic mass is 10.1. The number of rotatable bonds is 7. The maximum absolute atomic E-state index is 12.3. The van der Waals surface area contributed by atoms with Gasteiger partial charge in [0.25, 0.3) is 0 Å². The molecule has 0 spiro atoms. The molecule has 3 rings (SSSR count). The minimum Gasteiger partial charge on any atom is -0.492 e. The summed E-state index contributed by atoms with van der Waals surface area (Å²) in [6.07, 6.45) is 0. The molecule has 0 fully saturated rings. The molecule has 0 saturated heterocycles. The number of nitrogen functional groups attached to an aromatic ring is 1. The molecule has 3 aromatic rings. The zero-order chi connectivity index (χ0) is 19.2. The number of para-hydroxylation sites is 2. The minimum atomic E-state index is -0.174. The van der Waals surface area contributed by atoms with E-state index < -0.39 is 0 Å². The summed E-state index contributed by atoms with van der Waals surface area (Å²) in [5, 5.41) is 11.6. The first-order valence-corrected chi connectivity index (χ1v) is 9.49. The molecule has 140 valence electrons. The molecule has 0 aliphatic heterocycles. The lowest BCUT2D eigenvalue weighted by Crippen LogP contribution is -2.17. The van der Waals surface area contributed by atoms with Gasteiger partial charge in [-0.15, -0.1) is 10.2 Å². The molecule has 27 heavy (non-hydrogen) atoms. The third-order valence-electron chi connectivity index (χ3n) is 3.84. The summed E-state index contributed by atoms with van der Waals surface area (Å²) in [6, 6.07) is 15.1. The van der Waals surface area contributed by atoms with Crippen molar-refractivity contribution in [2.45, 2.75) is 19.0 Å². The maximum Gasteiger partial charge on any atom is 0.234 e. The molecular formula is C19H21N5O2S. The van der Waals surface area contributed by atoms with Crippen LogP contribution in [0.2, 0.25) is 0 Å². The SMILES string of the molecule is CCOc1ccccc1NC(=O)CSc1nnc(-c2ccccc2C)n1N. The zero-order valence-electron chi connectivity index (χ0n) is 15.2. The lowest BCUT2D eigenvalue weighted by molar-refractivity contribution is -0.113. The first-order chi connectivity index (χ1) is 13.1. The normalized spacial score (nSPS) is 10.6. The molecule has 0 unspecified atom stereocenters. The third kappa shape index (κ3) is 4.40. The van der Waals surface area contributed by atoms with Gasteiger partial charge in [0.15, 0.2) is 5.82 Å². The monoisotopic (exact) mass is 383 g/mol. The first kappa shape index (κ1) is 18.8. The fourth-order valence-corrected chi connectivity index (χ4v) is 3.21. The van der Waals surface area contributed by atoms with Crippen LogP contribution in [0.1, 0.15) is 12.5 Å². The van der Waals surface area contributed by atoms with Crippen LogP contribution >= 0.6 is 11.8 Å². The van der Waals surface area contributed by atoms with E-state index in [9.17, 15) is 4.79 Å². The van der Waals surface area contributed by atoms with E-state index in [-0.39, 0.29) is 11.7 Å². The van der Waals surface area contributed by atoms with Gasteiger partial charge >= 0.3 is 0 Å². The molecule has 0 bridgehead atoms. The van der Waals surface area contributed by atoms with Crippen LogP contribution in [-0.4, -0.2) is 33.1 Å². The molecular weight excluding hydrogens is 362 g/mol. The van der Waals surface area contributed by atoms with Crippen molar-refractivity contribution in [2.75, 3.05) is 23.5 Å². The quantitative estimate of drug-likeness (QED) is 0.481. The first-order valence-electron chi connectivity index (χ1n) is 8.51. The fourth-order valence-electron chi connectivity index (χ4n) is 2.55. The zero-order valence-corrected chi connectivity index (χ0v) is 16.0. The Balaban J connectivity index is 1.66. The minimum absolute atomic E-state index is 0.156. The van der Waals surface area contributed by atoms with Crippen molar-refractivity contribution in [2.24, 2.45) is 0 Å². The molecule has 0 aliphatic carbocycles. The summed E-state index contributed by atoms with van der Waals surface area (Å²) < 4.78 is 6.93. The second kappa shape index (κ2) is 8.59. The van der Waals surface area contributed by atoms with E-state index in [1.165, 1.54) is 16.4 Å². The van der Waals surface area contributed by atoms with Gasteiger partial charge in [0.05, 0.1) is 18.0 Å². The number of hydrogen-bond donors (Lipinski definition) is 2. The standard InChI is InChI=1S/C19H21N5O2S/c1-3-26-16-11-7-6-10-15(16)21-17(25)12-27-19-23-22-18(24(19)20)14-9-5-4-8-13(14)2/h4-11H,3,12,20H2,1-2H3,(H,21,25). The van der Waals surface area contributed by atoms with Crippen LogP contribution in [0.4, 0.5) is 5.69 Å². The van der Waals surface area contributed by atoms with E-state index >= 15 is 0 Å². The number of carbonyl (C=O) groups is 1. The van der Waals surface area contributed by atoms with Crippen molar-refractivity contribution in [3.05, 3.63) is 54.1 Å². The highest BCUT2D eigenvalue weighted by Gasteiger charge is 2.15. The van der Waals surface area contributed by atoms with Crippen LogP contribution in [0.3, 0.4) is 0 Å². The number of hydrogen-bond acceptors (Lipinski definition) is 6. The predicted molar refractivity (Wildman–Crippen MR) is 107 cm³/mol. The molecule has 8 heteroatoms. The van der Waals surface area contributed by atoms with Crippen molar-refractivity contribution in [1.29, 1.82) is 0 Å². The Bertz CT molecular complexity index is 941. The van der Waals surface area contributed by atoms with E-state index in [4.69, 9.17) is 10.6 Å². The Morgan fingerprint density at radius 1 is 1.19 bits per heavy atom. The van der Waals surface area contributed by atoms with Gasteiger partial charge in [-0.25, -0.2) is 4.68 Å². The Morgan fingerprint density at radius 2 is 1.93 bits per heavy atom. The molecule has 1 amide bonds. The number of carbonyl (C=O) groups excluding carboxylic acids is 1. The highest BCUT2D eigenvalue weighted by Crippen LogP contribution is 2.26. The molecule has 0 radical (unpaired) electrons. The van der Waals surface area contributed by atoms with Crippen molar-refractivity contribution >= 4 is 23.4 Å². The van der Waals surface area contributed by atoms with Crippen molar-refractivity contribution < 1.29 is 9.53 Å². The largest absolute Gasteiger partial charge is 0.492 e. The van der Waals surface area contributed by atoms with Crippen LogP contribution < -0.4 is 15.9 Å². The van der Waals surface area contributed by atoms with E-state index in [1.807, 2.05) is 56.3 Å². The van der Waals surface area contributed by atoms with Gasteiger partial charge < -0.3 is 15.9 Å². The number of nitrogens with two attached hydrogens (primary N) is 1. The van der Waals surface area contributed by atoms with E-state index in [2.05, 4.69) is 15.5 Å². The third-order valence-corrected chi connectivity index (χ3v) is 4.79. The number of nitrogens with zero attached hydrogens (tertiary/aromatic N) is 3. The van der Waals surface area contributed by atoms with Crippen LogP contribution in [0, 0.1) is 6.92 Å². The molecule has 1 heterocycles. The van der Waals surface area contributed by atoms with Crippen LogP contribution in [0.25, 0.3) is 11.4 Å². The maximum atomic E-state index is 12.3. The van der Waals surface area contributed by atoms with Gasteiger partial charge in [-0.05, 0) is 31.5 Å². The number of ether oxygens (including phenoxy) is 1. The summed E-state index contributed by atoms with van der Waals surface area (Å²) in [5.74, 6) is 7.32. The average molecular weight is 383 g/mol. The summed E-state index contributed by atoms with van der Waals surface area (Å²) in [7, 11) is 0. The van der Waals surface area contributed by atoms with Gasteiger partial charge in [-0.3, -0.25) is 4.79 Å². The number of anilines is 1. The molecule has 3 N–H and O–H groups in total. The number of aryl methyl sites for hydroxylation is 1. The second-order valence-electron chi connectivity index (χ2n) is 5.76. The highest BCUT2D eigenvalue weighted by atomic mass is 32.2. The number of aromatic nitrogens is 3. The van der Waals surface area contributed by atoms with Crippen LogP contribution in [-0.2, 0) is 4.79 Å². The molecule has 7 nitrogen and oxygen atoms in total. The number of benzene rings is 2. The van der Waals surface area contributed by atoms with E-state index in [1.54, 1.807) is 6.07 Å². The molecule has 0 saturated carbocycles. The topological polar surface area (TPSA) is 95.1 Å². The van der Waals surface area contributed by atoms with Gasteiger partial charge in [0.2, 0.25) is 11.1 Å². The summed E-state index contributed by atoms with van der Waals surface area (Å²) in [5.41, 5.74) is 2.60.